The van der Waals surface area contributed by atoms with Crippen LogP contribution in [0, 0.1) is 5.92 Å². The van der Waals surface area contributed by atoms with Gasteiger partial charge in [-0.1, -0.05) is 18.9 Å². The fraction of sp³-hybridized carbons (Fsp3) is 0.375. The lowest BCUT2D eigenvalue weighted by Crippen LogP contribution is -2.32. The van der Waals surface area contributed by atoms with Crippen molar-refractivity contribution in [1.82, 2.24) is 10.3 Å². The summed E-state index contributed by atoms with van der Waals surface area (Å²) in [7, 11) is 0. The number of hydrogen-bond acceptors (Lipinski definition) is 3. The third-order valence-electron chi connectivity index (χ3n) is 3.95. The van der Waals surface area contributed by atoms with Crippen LogP contribution in [0.4, 0.5) is 0 Å². The van der Waals surface area contributed by atoms with Gasteiger partial charge in [0, 0.05) is 22.8 Å². The van der Waals surface area contributed by atoms with Gasteiger partial charge in [-0.3, -0.25) is 9.78 Å². The first-order valence-electron chi connectivity index (χ1n) is 7.09. The summed E-state index contributed by atoms with van der Waals surface area (Å²) in [6, 6.07) is 7.85. The number of rotatable bonds is 4. The van der Waals surface area contributed by atoms with Gasteiger partial charge in [-0.2, -0.15) is 0 Å². The molecule has 104 valence electrons. The Balaban J connectivity index is 1.78. The van der Waals surface area contributed by atoms with Gasteiger partial charge in [-0.05, 0) is 42.3 Å². The van der Waals surface area contributed by atoms with E-state index in [0.717, 1.165) is 0 Å². The van der Waals surface area contributed by atoms with E-state index in [-0.39, 0.29) is 11.9 Å². The van der Waals surface area contributed by atoms with Crippen LogP contribution in [0.1, 0.15) is 47.0 Å². The average Bonchev–Trinajstić information content (AvgIpc) is 3.19. The molecule has 0 saturated heterocycles. The standard InChI is InChI=1S/C16H18N2OS/c19-16(13-7-9-17-10-8-13)18-15(12-4-1-2-5-12)14-6-3-11-20-14/h3,6-12,15H,1-2,4-5H2,(H,18,19)/t15-/m1/s1. The minimum absolute atomic E-state index is 0.00213. The molecule has 1 aliphatic rings. The van der Waals surface area contributed by atoms with Crippen LogP contribution in [0.15, 0.2) is 42.0 Å². The smallest absolute Gasteiger partial charge is 0.251 e. The van der Waals surface area contributed by atoms with E-state index >= 15 is 0 Å². The highest BCUT2D eigenvalue weighted by atomic mass is 32.1. The monoisotopic (exact) mass is 286 g/mol. The maximum absolute atomic E-state index is 12.4. The fourth-order valence-electron chi connectivity index (χ4n) is 2.91. The van der Waals surface area contributed by atoms with Gasteiger partial charge in [0.25, 0.3) is 5.91 Å². The molecule has 1 amide bonds. The quantitative estimate of drug-likeness (QED) is 0.928. The van der Waals surface area contributed by atoms with Gasteiger partial charge in [0.2, 0.25) is 0 Å². The molecule has 1 fully saturated rings. The largest absolute Gasteiger partial charge is 0.344 e. The van der Waals surface area contributed by atoms with E-state index in [4.69, 9.17) is 0 Å². The number of amides is 1. The molecule has 1 N–H and O–H groups in total. The van der Waals surface area contributed by atoms with Crippen molar-refractivity contribution in [2.75, 3.05) is 0 Å². The zero-order valence-electron chi connectivity index (χ0n) is 11.3. The first kappa shape index (κ1) is 13.3. The highest BCUT2D eigenvalue weighted by molar-refractivity contribution is 7.10. The Bertz CT molecular complexity index is 547. The molecule has 4 heteroatoms. The van der Waals surface area contributed by atoms with Crippen molar-refractivity contribution in [3.8, 4) is 0 Å². The molecule has 1 atom stereocenters. The number of nitrogens with one attached hydrogen (secondary N) is 1. The normalized spacial score (nSPS) is 17.0. The minimum Gasteiger partial charge on any atom is -0.344 e. The zero-order valence-corrected chi connectivity index (χ0v) is 12.1. The molecule has 3 rings (SSSR count). The van der Waals surface area contributed by atoms with E-state index in [1.807, 2.05) is 0 Å². The SMILES string of the molecule is O=C(N[C@@H](c1cccs1)C1CCCC1)c1ccncc1. The van der Waals surface area contributed by atoms with Crippen molar-refractivity contribution >= 4 is 17.2 Å². The maximum Gasteiger partial charge on any atom is 0.251 e. The average molecular weight is 286 g/mol. The van der Waals surface area contributed by atoms with Gasteiger partial charge in [0.05, 0.1) is 6.04 Å². The van der Waals surface area contributed by atoms with Gasteiger partial charge >= 0.3 is 0 Å². The van der Waals surface area contributed by atoms with Crippen molar-refractivity contribution in [1.29, 1.82) is 0 Å². The molecule has 0 radical (unpaired) electrons. The lowest BCUT2D eigenvalue weighted by Gasteiger charge is -2.23. The number of nitrogens with zero attached hydrogens (tertiary/aromatic N) is 1. The molecular formula is C16H18N2OS. The number of hydrogen-bond donors (Lipinski definition) is 1. The molecule has 20 heavy (non-hydrogen) atoms. The Morgan fingerprint density at radius 2 is 2.00 bits per heavy atom. The molecule has 2 heterocycles. The van der Waals surface area contributed by atoms with Gasteiger partial charge in [-0.15, -0.1) is 11.3 Å². The summed E-state index contributed by atoms with van der Waals surface area (Å²) in [5.74, 6) is 0.567. The number of aromatic nitrogens is 1. The second-order valence-electron chi connectivity index (χ2n) is 5.25. The van der Waals surface area contributed by atoms with Crippen LogP contribution in [0.5, 0.6) is 0 Å². The molecular weight excluding hydrogens is 268 g/mol. The first-order chi connectivity index (χ1) is 9.84. The molecule has 1 aliphatic carbocycles. The highest BCUT2D eigenvalue weighted by Gasteiger charge is 2.28. The molecule has 0 aromatic carbocycles. The lowest BCUT2D eigenvalue weighted by atomic mass is 9.96. The topological polar surface area (TPSA) is 42.0 Å². The van der Waals surface area contributed by atoms with Crippen molar-refractivity contribution in [2.24, 2.45) is 5.92 Å². The molecule has 0 spiro atoms. The van der Waals surface area contributed by atoms with Crippen molar-refractivity contribution < 1.29 is 4.79 Å². The van der Waals surface area contributed by atoms with Crippen LogP contribution in [0.3, 0.4) is 0 Å². The van der Waals surface area contributed by atoms with Crippen molar-refractivity contribution in [3.05, 3.63) is 52.5 Å². The number of pyridine rings is 1. The van der Waals surface area contributed by atoms with E-state index in [0.29, 0.717) is 11.5 Å². The minimum atomic E-state index is -0.00213. The van der Waals surface area contributed by atoms with Crippen LogP contribution < -0.4 is 5.32 Å². The van der Waals surface area contributed by atoms with Crippen molar-refractivity contribution in [3.63, 3.8) is 0 Å². The number of thiophene rings is 1. The van der Waals surface area contributed by atoms with Crippen LogP contribution in [0.2, 0.25) is 0 Å². The van der Waals surface area contributed by atoms with E-state index < -0.39 is 0 Å². The summed E-state index contributed by atoms with van der Waals surface area (Å²) in [5, 5.41) is 5.30. The Kier molecular flexibility index (Phi) is 4.11. The molecule has 3 nitrogen and oxygen atoms in total. The van der Waals surface area contributed by atoms with E-state index in [9.17, 15) is 4.79 Å². The van der Waals surface area contributed by atoms with Crippen LogP contribution in [-0.4, -0.2) is 10.9 Å². The second-order valence-corrected chi connectivity index (χ2v) is 6.23. The van der Waals surface area contributed by atoms with E-state index in [2.05, 4.69) is 27.8 Å². The van der Waals surface area contributed by atoms with Crippen LogP contribution in [-0.2, 0) is 0 Å². The second kappa shape index (κ2) is 6.18. The lowest BCUT2D eigenvalue weighted by molar-refractivity contribution is 0.0922. The van der Waals surface area contributed by atoms with Crippen LogP contribution in [0.25, 0.3) is 0 Å². The Labute approximate surface area is 123 Å². The van der Waals surface area contributed by atoms with Crippen molar-refractivity contribution in [2.45, 2.75) is 31.7 Å². The molecule has 2 aromatic rings. The Hall–Kier alpha value is -1.68. The van der Waals surface area contributed by atoms with Gasteiger partial charge in [-0.25, -0.2) is 0 Å². The van der Waals surface area contributed by atoms with Gasteiger partial charge in [0.1, 0.15) is 0 Å². The predicted octanol–water partition coefficient (Wildman–Crippen LogP) is 3.80. The molecule has 0 aliphatic heterocycles. The molecule has 2 aromatic heterocycles. The molecule has 0 unspecified atom stereocenters. The van der Waals surface area contributed by atoms with E-state index in [1.165, 1.54) is 30.6 Å². The summed E-state index contributed by atoms with van der Waals surface area (Å²) < 4.78 is 0. The third-order valence-corrected chi connectivity index (χ3v) is 4.91. The van der Waals surface area contributed by atoms with Gasteiger partial charge in [0.15, 0.2) is 0 Å². The predicted molar refractivity (Wildman–Crippen MR) is 80.7 cm³/mol. The Morgan fingerprint density at radius 1 is 1.25 bits per heavy atom. The fourth-order valence-corrected chi connectivity index (χ4v) is 3.78. The summed E-state index contributed by atoms with van der Waals surface area (Å²) >= 11 is 1.73. The molecule has 1 saturated carbocycles. The summed E-state index contributed by atoms with van der Waals surface area (Å²) in [5.41, 5.74) is 0.680. The zero-order chi connectivity index (χ0) is 13.8. The molecule has 0 bridgehead atoms. The number of carbonyl (C=O) groups excluding carboxylic acids is 1. The first-order valence-corrected chi connectivity index (χ1v) is 7.97. The maximum atomic E-state index is 12.4. The van der Waals surface area contributed by atoms with Gasteiger partial charge < -0.3 is 5.32 Å². The summed E-state index contributed by atoms with van der Waals surface area (Å²) in [6.45, 7) is 0. The van der Waals surface area contributed by atoms with E-state index in [1.54, 1.807) is 35.9 Å². The third kappa shape index (κ3) is 2.90. The Morgan fingerprint density at radius 3 is 2.65 bits per heavy atom. The summed E-state index contributed by atoms with van der Waals surface area (Å²) in [4.78, 5) is 17.6. The highest BCUT2D eigenvalue weighted by Crippen LogP contribution is 2.37. The summed E-state index contributed by atoms with van der Waals surface area (Å²) in [6.07, 6.45) is 8.28. The van der Waals surface area contributed by atoms with Crippen LogP contribution >= 0.6 is 11.3 Å². The number of carbonyl (C=O) groups is 1.